The Hall–Kier alpha value is -4.25. The van der Waals surface area contributed by atoms with E-state index in [-0.39, 0.29) is 24.3 Å². The van der Waals surface area contributed by atoms with Gasteiger partial charge in [-0.3, -0.25) is 9.59 Å². The topological polar surface area (TPSA) is 94.7 Å². The second-order valence-electron chi connectivity index (χ2n) is 6.20. The molecular weight excluding hydrogens is 368 g/mol. The van der Waals surface area contributed by atoms with E-state index in [0.717, 1.165) is 5.69 Å². The molecule has 142 valence electrons. The summed E-state index contributed by atoms with van der Waals surface area (Å²) in [7, 11) is 0. The smallest absolute Gasteiger partial charge is 0.275 e. The summed E-state index contributed by atoms with van der Waals surface area (Å²) in [5.74, 6) is 2.02. The number of nitrogens with one attached hydrogen (secondary N) is 1. The SMILES string of the molecule is C#CCn1nc(CNC(=O)c2cnn(-c3ccccc3)n2)c2ccccc2c1=O. The molecule has 0 unspecified atom stereocenters. The van der Waals surface area contributed by atoms with E-state index >= 15 is 0 Å². The molecule has 0 saturated carbocycles. The molecule has 0 aliphatic carbocycles. The fraction of sp³-hybridized carbons (Fsp3) is 0.0952. The number of rotatable bonds is 5. The fourth-order valence-electron chi connectivity index (χ4n) is 2.94. The molecule has 0 radical (unpaired) electrons. The van der Waals surface area contributed by atoms with Gasteiger partial charge in [0.05, 0.1) is 29.5 Å². The van der Waals surface area contributed by atoms with Crippen molar-refractivity contribution in [3.63, 3.8) is 0 Å². The Labute approximate surface area is 165 Å². The lowest BCUT2D eigenvalue weighted by Crippen LogP contribution is -2.28. The normalized spacial score (nSPS) is 10.6. The zero-order valence-electron chi connectivity index (χ0n) is 15.3. The summed E-state index contributed by atoms with van der Waals surface area (Å²) in [5.41, 5.74) is 1.20. The number of amides is 1. The van der Waals surface area contributed by atoms with E-state index in [4.69, 9.17) is 6.42 Å². The molecule has 8 heteroatoms. The maximum atomic E-state index is 12.5. The summed E-state index contributed by atoms with van der Waals surface area (Å²) in [6, 6.07) is 16.4. The summed E-state index contributed by atoms with van der Waals surface area (Å²) in [5, 5.41) is 16.6. The van der Waals surface area contributed by atoms with Gasteiger partial charge in [-0.25, -0.2) is 4.68 Å². The average Bonchev–Trinajstić information content (AvgIpc) is 3.26. The third-order valence-electron chi connectivity index (χ3n) is 4.31. The molecule has 4 rings (SSSR count). The number of carbonyl (C=O) groups is 1. The Morgan fingerprint density at radius 1 is 1.03 bits per heavy atom. The van der Waals surface area contributed by atoms with E-state index in [1.54, 1.807) is 18.2 Å². The van der Waals surface area contributed by atoms with Crippen molar-refractivity contribution < 1.29 is 4.79 Å². The van der Waals surface area contributed by atoms with Gasteiger partial charge in [0.25, 0.3) is 11.5 Å². The zero-order valence-corrected chi connectivity index (χ0v) is 15.3. The molecule has 0 atom stereocenters. The molecular formula is C21H16N6O2. The Bertz CT molecular complexity index is 1280. The minimum Gasteiger partial charge on any atom is -0.345 e. The number of para-hydroxylation sites is 1. The van der Waals surface area contributed by atoms with Crippen molar-refractivity contribution in [2.45, 2.75) is 13.1 Å². The van der Waals surface area contributed by atoms with E-state index in [1.807, 2.05) is 36.4 Å². The van der Waals surface area contributed by atoms with Crippen LogP contribution < -0.4 is 10.9 Å². The van der Waals surface area contributed by atoms with Crippen molar-refractivity contribution in [3.8, 4) is 18.0 Å². The number of nitrogens with zero attached hydrogens (tertiary/aromatic N) is 5. The number of fused-ring (bicyclic) bond motifs is 1. The van der Waals surface area contributed by atoms with Gasteiger partial charge in [0.1, 0.15) is 6.54 Å². The van der Waals surface area contributed by atoms with Gasteiger partial charge in [0.15, 0.2) is 5.69 Å². The predicted molar refractivity (Wildman–Crippen MR) is 107 cm³/mol. The minimum absolute atomic E-state index is 0.0516. The number of aromatic nitrogens is 5. The zero-order chi connectivity index (χ0) is 20.2. The number of terminal acetylenes is 1. The van der Waals surface area contributed by atoms with Crippen LogP contribution in [-0.4, -0.2) is 30.7 Å². The molecule has 1 N–H and O–H groups in total. The summed E-state index contributed by atoms with van der Waals surface area (Å²) in [6.07, 6.45) is 6.73. The van der Waals surface area contributed by atoms with Crippen LogP contribution in [0, 0.1) is 12.3 Å². The third-order valence-corrected chi connectivity index (χ3v) is 4.31. The third kappa shape index (κ3) is 3.61. The predicted octanol–water partition coefficient (Wildman–Crippen LogP) is 1.54. The highest BCUT2D eigenvalue weighted by Crippen LogP contribution is 2.13. The molecule has 2 aromatic carbocycles. The fourth-order valence-corrected chi connectivity index (χ4v) is 2.94. The second kappa shape index (κ2) is 7.78. The highest BCUT2D eigenvalue weighted by atomic mass is 16.2. The second-order valence-corrected chi connectivity index (χ2v) is 6.20. The Morgan fingerprint density at radius 2 is 1.76 bits per heavy atom. The standard InChI is InChI=1S/C21H16N6O2/c1-2-12-26-21(29)17-11-7-6-10-16(17)18(24-26)13-22-20(28)19-14-23-27(25-19)15-8-4-3-5-9-15/h1,3-11,14H,12-13H2,(H,22,28). The molecule has 0 bridgehead atoms. The van der Waals surface area contributed by atoms with Crippen LogP contribution in [0.2, 0.25) is 0 Å². The summed E-state index contributed by atoms with van der Waals surface area (Å²) >= 11 is 0. The number of hydrogen-bond acceptors (Lipinski definition) is 5. The highest BCUT2D eigenvalue weighted by Gasteiger charge is 2.14. The van der Waals surface area contributed by atoms with Gasteiger partial charge in [-0.05, 0) is 18.2 Å². The molecule has 0 saturated heterocycles. The molecule has 29 heavy (non-hydrogen) atoms. The van der Waals surface area contributed by atoms with E-state index in [9.17, 15) is 9.59 Å². The number of benzene rings is 2. The lowest BCUT2D eigenvalue weighted by atomic mass is 10.1. The lowest BCUT2D eigenvalue weighted by Gasteiger charge is -2.09. The van der Waals surface area contributed by atoms with Gasteiger partial charge in [-0.2, -0.15) is 15.0 Å². The van der Waals surface area contributed by atoms with Crippen LogP contribution in [0.1, 0.15) is 16.2 Å². The average molecular weight is 384 g/mol. The molecule has 0 aliphatic rings. The van der Waals surface area contributed by atoms with E-state index in [1.165, 1.54) is 15.7 Å². The first kappa shape index (κ1) is 18.1. The summed E-state index contributed by atoms with van der Waals surface area (Å²) in [4.78, 5) is 26.4. The van der Waals surface area contributed by atoms with Crippen molar-refractivity contribution in [1.29, 1.82) is 0 Å². The quantitative estimate of drug-likeness (QED) is 0.527. The molecule has 2 aromatic heterocycles. The first-order valence-corrected chi connectivity index (χ1v) is 8.85. The Balaban J connectivity index is 1.58. The molecule has 4 aromatic rings. The maximum absolute atomic E-state index is 12.5. The Morgan fingerprint density at radius 3 is 2.52 bits per heavy atom. The first-order chi connectivity index (χ1) is 14.2. The van der Waals surface area contributed by atoms with Gasteiger partial charge in [-0.15, -0.1) is 11.5 Å². The molecule has 0 fully saturated rings. The van der Waals surface area contributed by atoms with Gasteiger partial charge < -0.3 is 5.32 Å². The van der Waals surface area contributed by atoms with Crippen molar-refractivity contribution in [2.75, 3.05) is 0 Å². The van der Waals surface area contributed by atoms with Crippen LogP contribution in [0.5, 0.6) is 0 Å². The van der Waals surface area contributed by atoms with Crippen LogP contribution >= 0.6 is 0 Å². The maximum Gasteiger partial charge on any atom is 0.275 e. The van der Waals surface area contributed by atoms with Crippen LogP contribution in [0.3, 0.4) is 0 Å². The monoisotopic (exact) mass is 384 g/mol. The Kier molecular flexibility index (Phi) is 4.86. The molecule has 1 amide bonds. The molecule has 0 aliphatic heterocycles. The van der Waals surface area contributed by atoms with Gasteiger partial charge in [0.2, 0.25) is 0 Å². The van der Waals surface area contributed by atoms with Gasteiger partial charge in [0, 0.05) is 5.39 Å². The van der Waals surface area contributed by atoms with Crippen molar-refractivity contribution in [1.82, 2.24) is 30.1 Å². The van der Waals surface area contributed by atoms with Crippen LogP contribution in [0.15, 0.2) is 65.6 Å². The number of carbonyl (C=O) groups excluding carboxylic acids is 1. The van der Waals surface area contributed by atoms with Crippen molar-refractivity contribution in [2.24, 2.45) is 0 Å². The van der Waals surface area contributed by atoms with Crippen LogP contribution in [0.4, 0.5) is 0 Å². The largest absolute Gasteiger partial charge is 0.345 e. The van der Waals surface area contributed by atoms with Crippen molar-refractivity contribution in [3.05, 3.63) is 82.5 Å². The van der Waals surface area contributed by atoms with Crippen molar-refractivity contribution >= 4 is 16.7 Å². The van der Waals surface area contributed by atoms with Gasteiger partial charge >= 0.3 is 0 Å². The van der Waals surface area contributed by atoms with Gasteiger partial charge in [-0.1, -0.05) is 42.3 Å². The first-order valence-electron chi connectivity index (χ1n) is 8.85. The summed E-state index contributed by atoms with van der Waals surface area (Å²) < 4.78 is 1.22. The molecule has 2 heterocycles. The highest BCUT2D eigenvalue weighted by molar-refractivity contribution is 5.92. The number of hydrogen-bond donors (Lipinski definition) is 1. The van der Waals surface area contributed by atoms with Crippen LogP contribution in [-0.2, 0) is 13.1 Å². The lowest BCUT2D eigenvalue weighted by molar-refractivity contribution is 0.0945. The minimum atomic E-state index is -0.396. The van der Waals surface area contributed by atoms with E-state index in [0.29, 0.717) is 16.5 Å². The molecule has 8 nitrogen and oxygen atoms in total. The van der Waals surface area contributed by atoms with E-state index in [2.05, 4.69) is 26.5 Å². The van der Waals surface area contributed by atoms with Crippen LogP contribution in [0.25, 0.3) is 16.5 Å². The molecule has 0 spiro atoms. The summed E-state index contributed by atoms with van der Waals surface area (Å²) in [6.45, 7) is 0.165. The van der Waals surface area contributed by atoms with E-state index < -0.39 is 5.91 Å².